The predicted molar refractivity (Wildman–Crippen MR) is 158 cm³/mol. The number of sulfonamides is 1. The van der Waals surface area contributed by atoms with Gasteiger partial charge in [0.1, 0.15) is 12.6 Å². The lowest BCUT2D eigenvalue weighted by molar-refractivity contribution is -0.140. The van der Waals surface area contributed by atoms with Gasteiger partial charge in [0, 0.05) is 24.5 Å². The smallest absolute Gasteiger partial charge is 0.354 e. The Balaban J connectivity index is 2.11. The van der Waals surface area contributed by atoms with Crippen molar-refractivity contribution >= 4 is 50.7 Å². The van der Waals surface area contributed by atoms with Crippen LogP contribution in [0.4, 0.5) is 18.9 Å². The molecule has 3 aromatic rings. The normalized spacial score (nSPS) is 12.5. The zero-order valence-electron chi connectivity index (χ0n) is 22.9. The van der Waals surface area contributed by atoms with Gasteiger partial charge in [-0.15, -0.1) is 0 Å². The molecule has 1 atom stereocenters. The molecule has 0 saturated heterocycles. The molecular formula is C29H30Cl2F3N3O4S. The molecule has 0 aliphatic carbocycles. The summed E-state index contributed by atoms with van der Waals surface area (Å²) in [6, 6.07) is 16.6. The van der Waals surface area contributed by atoms with Gasteiger partial charge in [-0.05, 0) is 41.8 Å². The predicted octanol–water partition coefficient (Wildman–Crippen LogP) is 5.94. The van der Waals surface area contributed by atoms with Gasteiger partial charge in [0.2, 0.25) is 21.8 Å². The van der Waals surface area contributed by atoms with Crippen LogP contribution in [0.1, 0.15) is 30.0 Å². The van der Waals surface area contributed by atoms with E-state index in [1.807, 2.05) is 6.92 Å². The van der Waals surface area contributed by atoms with E-state index < -0.39 is 51.9 Å². The summed E-state index contributed by atoms with van der Waals surface area (Å²) < 4.78 is 66.7. The van der Waals surface area contributed by atoms with Crippen LogP contribution in [-0.2, 0) is 38.8 Å². The molecule has 2 amide bonds. The third-order valence-corrected chi connectivity index (χ3v) is 8.16. The first-order valence-corrected chi connectivity index (χ1v) is 15.5. The highest BCUT2D eigenvalue weighted by Gasteiger charge is 2.36. The molecule has 0 aliphatic heterocycles. The Morgan fingerprint density at radius 1 is 0.952 bits per heavy atom. The lowest BCUT2D eigenvalue weighted by Gasteiger charge is -2.34. The molecule has 0 aliphatic rings. The second kappa shape index (κ2) is 14.3. The summed E-state index contributed by atoms with van der Waals surface area (Å²) in [6.07, 6.45) is -3.33. The summed E-state index contributed by atoms with van der Waals surface area (Å²) in [6.45, 7) is 1.09. The van der Waals surface area contributed by atoms with Crippen LogP contribution < -0.4 is 9.62 Å². The van der Waals surface area contributed by atoms with Crippen LogP contribution in [-0.4, -0.2) is 50.5 Å². The largest absolute Gasteiger partial charge is 0.416 e. The maximum absolute atomic E-state index is 14.0. The molecule has 7 nitrogen and oxygen atoms in total. The Morgan fingerprint density at radius 3 is 2.19 bits per heavy atom. The van der Waals surface area contributed by atoms with Crippen molar-refractivity contribution in [2.24, 2.45) is 0 Å². The number of rotatable bonds is 12. The molecule has 0 aromatic heterocycles. The Labute approximate surface area is 253 Å². The van der Waals surface area contributed by atoms with Gasteiger partial charge in [-0.25, -0.2) is 8.42 Å². The molecule has 1 N–H and O–H groups in total. The Morgan fingerprint density at radius 2 is 1.60 bits per heavy atom. The van der Waals surface area contributed by atoms with Gasteiger partial charge in [-0.1, -0.05) is 78.7 Å². The number of carbonyl (C=O) groups excluding carboxylic acids is 2. The SMILES string of the molecule is CCCNC(=O)[C@@H](Cc1ccccc1)N(Cc1ccccc1Cl)C(=O)CN(c1cc(C(F)(F)F)ccc1Cl)S(C)(=O)=O. The van der Waals surface area contributed by atoms with E-state index in [1.165, 1.54) is 4.90 Å². The van der Waals surface area contributed by atoms with E-state index in [9.17, 15) is 31.2 Å². The first-order chi connectivity index (χ1) is 19.7. The lowest BCUT2D eigenvalue weighted by atomic mass is 10.0. The minimum atomic E-state index is -4.79. The van der Waals surface area contributed by atoms with E-state index in [0.717, 1.165) is 17.9 Å². The number of benzene rings is 3. The molecule has 0 spiro atoms. The lowest BCUT2D eigenvalue weighted by Crippen LogP contribution is -2.53. The molecule has 13 heteroatoms. The fourth-order valence-electron chi connectivity index (χ4n) is 4.20. The van der Waals surface area contributed by atoms with Gasteiger partial charge >= 0.3 is 6.18 Å². The number of hydrogen-bond acceptors (Lipinski definition) is 4. The molecule has 0 bridgehead atoms. The van der Waals surface area contributed by atoms with E-state index in [0.29, 0.717) is 40.0 Å². The van der Waals surface area contributed by atoms with Gasteiger partial charge < -0.3 is 10.2 Å². The molecular weight excluding hydrogens is 614 g/mol. The highest BCUT2D eigenvalue weighted by atomic mass is 35.5. The fourth-order valence-corrected chi connectivity index (χ4v) is 5.52. The number of hydrogen-bond donors (Lipinski definition) is 1. The van der Waals surface area contributed by atoms with Gasteiger partial charge in [0.25, 0.3) is 0 Å². The van der Waals surface area contributed by atoms with Crippen molar-refractivity contribution in [2.75, 3.05) is 23.7 Å². The summed E-state index contributed by atoms with van der Waals surface area (Å²) in [5.41, 5.74) is -0.448. The molecule has 226 valence electrons. The van der Waals surface area contributed by atoms with Crippen LogP contribution in [0.5, 0.6) is 0 Å². The van der Waals surface area contributed by atoms with E-state index >= 15 is 0 Å². The molecule has 0 unspecified atom stereocenters. The zero-order valence-corrected chi connectivity index (χ0v) is 25.2. The van der Waals surface area contributed by atoms with Crippen molar-refractivity contribution < 1.29 is 31.2 Å². The molecule has 3 aromatic carbocycles. The van der Waals surface area contributed by atoms with Crippen LogP contribution in [0.15, 0.2) is 72.8 Å². The maximum atomic E-state index is 14.0. The summed E-state index contributed by atoms with van der Waals surface area (Å²) >= 11 is 12.5. The van der Waals surface area contributed by atoms with Crippen LogP contribution in [0.2, 0.25) is 10.0 Å². The van der Waals surface area contributed by atoms with Crippen molar-refractivity contribution in [3.63, 3.8) is 0 Å². The van der Waals surface area contributed by atoms with Crippen LogP contribution >= 0.6 is 23.2 Å². The zero-order chi connectivity index (χ0) is 31.1. The van der Waals surface area contributed by atoms with Crippen molar-refractivity contribution in [1.82, 2.24) is 10.2 Å². The van der Waals surface area contributed by atoms with Gasteiger partial charge in [0.05, 0.1) is 22.5 Å². The van der Waals surface area contributed by atoms with Crippen LogP contribution in [0, 0.1) is 0 Å². The fraction of sp³-hybridized carbons (Fsp3) is 0.310. The molecule has 0 fully saturated rings. The number of carbonyl (C=O) groups is 2. The third-order valence-electron chi connectivity index (χ3n) is 6.34. The summed E-state index contributed by atoms with van der Waals surface area (Å²) in [4.78, 5) is 28.7. The number of nitrogens with zero attached hydrogens (tertiary/aromatic N) is 2. The number of amides is 2. The topological polar surface area (TPSA) is 86.8 Å². The summed E-state index contributed by atoms with van der Waals surface area (Å²) in [7, 11) is -4.32. The second-order valence-corrected chi connectivity index (χ2v) is 12.3. The van der Waals surface area contributed by atoms with Gasteiger partial charge in [0.15, 0.2) is 0 Å². The molecule has 42 heavy (non-hydrogen) atoms. The first kappa shape index (κ1) is 33.2. The van der Waals surface area contributed by atoms with Crippen molar-refractivity contribution in [1.29, 1.82) is 0 Å². The standard InChI is InChI=1S/C29H30Cl2F3N3O4S/c1-3-15-35-28(39)26(16-20-9-5-4-6-10-20)36(18-21-11-7-8-12-23(21)30)27(38)19-37(42(2,40)41)25-17-22(29(32,33)34)13-14-24(25)31/h4-14,17,26H,3,15-16,18-19H2,1-2H3,(H,35,39)/t26-/m1/s1. The molecule has 3 rings (SSSR count). The minimum Gasteiger partial charge on any atom is -0.354 e. The Bertz CT molecular complexity index is 1510. The number of nitrogens with one attached hydrogen (secondary N) is 1. The highest BCUT2D eigenvalue weighted by Crippen LogP contribution is 2.36. The molecule has 0 saturated carbocycles. The van der Waals surface area contributed by atoms with E-state index in [-0.39, 0.29) is 18.0 Å². The van der Waals surface area contributed by atoms with Gasteiger partial charge in [-0.2, -0.15) is 13.2 Å². The van der Waals surface area contributed by atoms with E-state index in [1.54, 1.807) is 54.6 Å². The number of halogens is 5. The van der Waals surface area contributed by atoms with Gasteiger partial charge in [-0.3, -0.25) is 13.9 Å². The highest BCUT2D eigenvalue weighted by molar-refractivity contribution is 7.92. The van der Waals surface area contributed by atoms with Crippen LogP contribution in [0.3, 0.4) is 0 Å². The summed E-state index contributed by atoms with van der Waals surface area (Å²) in [5, 5.41) is 2.80. The van der Waals surface area contributed by atoms with E-state index in [4.69, 9.17) is 23.2 Å². The average molecular weight is 645 g/mol. The van der Waals surface area contributed by atoms with Crippen LogP contribution in [0.25, 0.3) is 0 Å². The van der Waals surface area contributed by atoms with E-state index in [2.05, 4.69) is 5.32 Å². The quantitative estimate of drug-likeness (QED) is 0.264. The van der Waals surface area contributed by atoms with Crippen molar-refractivity contribution in [3.8, 4) is 0 Å². The second-order valence-electron chi connectivity index (χ2n) is 9.54. The number of alkyl halides is 3. The monoisotopic (exact) mass is 643 g/mol. The molecule has 0 radical (unpaired) electrons. The summed E-state index contributed by atoms with van der Waals surface area (Å²) in [5.74, 6) is -1.33. The van der Waals surface area contributed by atoms with Crippen molar-refractivity contribution in [3.05, 3.63) is 99.5 Å². The first-order valence-electron chi connectivity index (χ1n) is 12.9. The maximum Gasteiger partial charge on any atom is 0.416 e. The Hall–Kier alpha value is -3.28. The minimum absolute atomic E-state index is 0.0791. The third kappa shape index (κ3) is 8.86. The van der Waals surface area contributed by atoms with Crippen molar-refractivity contribution in [2.45, 2.75) is 38.5 Å². The Kier molecular flexibility index (Phi) is 11.3. The molecule has 0 heterocycles. The average Bonchev–Trinajstić information content (AvgIpc) is 2.93. The number of anilines is 1.